The lowest BCUT2D eigenvalue weighted by atomic mass is 9.99. The fourth-order valence-electron chi connectivity index (χ4n) is 2.22. The van der Waals surface area contributed by atoms with Crippen LogP contribution in [0, 0.1) is 11.6 Å². The highest BCUT2D eigenvalue weighted by Crippen LogP contribution is 2.28. The predicted molar refractivity (Wildman–Crippen MR) is 82.6 cm³/mol. The molecule has 0 amide bonds. The van der Waals surface area contributed by atoms with Gasteiger partial charge in [0.25, 0.3) is 0 Å². The monoisotopic (exact) mass is 355 g/mol. The third-order valence-electron chi connectivity index (χ3n) is 3.34. The van der Waals surface area contributed by atoms with E-state index in [4.69, 9.17) is 4.74 Å². The predicted octanol–water partition coefficient (Wildman–Crippen LogP) is 4.24. The Morgan fingerprint density at radius 2 is 1.95 bits per heavy atom. The molecule has 0 saturated heterocycles. The zero-order chi connectivity index (χ0) is 15.4. The van der Waals surface area contributed by atoms with Gasteiger partial charge in [0, 0.05) is 10.5 Å². The van der Waals surface area contributed by atoms with E-state index < -0.39 is 0 Å². The molecule has 0 fully saturated rings. The summed E-state index contributed by atoms with van der Waals surface area (Å²) in [6.45, 7) is 0. The second-order valence-electron chi connectivity index (χ2n) is 4.68. The fraction of sp³-hybridized carbons (Fsp3) is 0.250. The van der Waals surface area contributed by atoms with Crippen LogP contribution in [0.5, 0.6) is 5.75 Å². The molecule has 0 saturated carbocycles. The summed E-state index contributed by atoms with van der Waals surface area (Å²) < 4.78 is 32.5. The summed E-state index contributed by atoms with van der Waals surface area (Å²) in [5, 5.41) is 3.17. The quantitative estimate of drug-likeness (QED) is 0.865. The molecule has 1 unspecified atom stereocenters. The van der Waals surface area contributed by atoms with Crippen LogP contribution in [0.25, 0.3) is 0 Å². The van der Waals surface area contributed by atoms with E-state index in [1.807, 2.05) is 13.1 Å². The first-order chi connectivity index (χ1) is 10.0. The lowest BCUT2D eigenvalue weighted by Gasteiger charge is -2.18. The average Bonchev–Trinajstić information content (AvgIpc) is 2.45. The first-order valence-corrected chi connectivity index (χ1v) is 7.29. The molecule has 112 valence electrons. The van der Waals surface area contributed by atoms with Gasteiger partial charge in [-0.05, 0) is 48.9 Å². The topological polar surface area (TPSA) is 21.3 Å². The number of halogens is 3. The van der Waals surface area contributed by atoms with Crippen molar-refractivity contribution in [2.24, 2.45) is 0 Å². The molecule has 1 atom stereocenters. The van der Waals surface area contributed by atoms with E-state index in [1.54, 1.807) is 12.1 Å². The van der Waals surface area contributed by atoms with Gasteiger partial charge in [0.15, 0.2) is 11.6 Å². The minimum absolute atomic E-state index is 0.0484. The maximum Gasteiger partial charge on any atom is 0.165 e. The van der Waals surface area contributed by atoms with Crippen LogP contribution in [-0.4, -0.2) is 14.2 Å². The Bertz CT molecular complexity index is 634. The molecule has 0 spiro atoms. The first-order valence-electron chi connectivity index (χ1n) is 6.49. The third kappa shape index (κ3) is 3.80. The Labute approximate surface area is 131 Å². The Kier molecular flexibility index (Phi) is 5.31. The maximum atomic E-state index is 13.7. The van der Waals surface area contributed by atoms with Gasteiger partial charge in [0.05, 0.1) is 7.11 Å². The van der Waals surface area contributed by atoms with Crippen LogP contribution in [0.2, 0.25) is 0 Å². The number of nitrogens with one attached hydrogen (secondary N) is 1. The van der Waals surface area contributed by atoms with Crippen LogP contribution in [0.4, 0.5) is 8.78 Å². The minimum atomic E-state index is -0.386. The molecule has 0 aliphatic heterocycles. The van der Waals surface area contributed by atoms with Crippen LogP contribution >= 0.6 is 15.9 Å². The number of hydrogen-bond donors (Lipinski definition) is 1. The second-order valence-corrected chi connectivity index (χ2v) is 5.53. The standard InChI is InChI=1S/C16H16BrF2NO/c1-20-15(12-5-4-11(18)9-13(12)17)8-10-3-6-16(21-2)14(19)7-10/h3-7,9,15,20H,8H2,1-2H3. The molecule has 0 aromatic heterocycles. The number of benzene rings is 2. The summed E-state index contributed by atoms with van der Waals surface area (Å²) in [6.07, 6.45) is 0.585. The molecule has 0 aliphatic carbocycles. The molecule has 2 aromatic rings. The summed E-state index contributed by atoms with van der Waals surface area (Å²) >= 11 is 3.37. The van der Waals surface area contributed by atoms with Crippen molar-refractivity contribution in [2.75, 3.05) is 14.2 Å². The summed E-state index contributed by atoms with van der Waals surface area (Å²) in [7, 11) is 3.25. The third-order valence-corrected chi connectivity index (χ3v) is 4.03. The van der Waals surface area contributed by atoms with E-state index >= 15 is 0 Å². The molecule has 0 bridgehead atoms. The van der Waals surface area contributed by atoms with E-state index in [-0.39, 0.29) is 23.4 Å². The maximum absolute atomic E-state index is 13.7. The number of rotatable bonds is 5. The van der Waals surface area contributed by atoms with Crippen molar-refractivity contribution >= 4 is 15.9 Å². The zero-order valence-electron chi connectivity index (χ0n) is 11.8. The highest BCUT2D eigenvalue weighted by atomic mass is 79.9. The van der Waals surface area contributed by atoms with Crippen molar-refractivity contribution < 1.29 is 13.5 Å². The lowest BCUT2D eigenvalue weighted by molar-refractivity contribution is 0.386. The van der Waals surface area contributed by atoms with Crippen LogP contribution < -0.4 is 10.1 Å². The molecular weight excluding hydrogens is 340 g/mol. The molecule has 0 aliphatic rings. The second kappa shape index (κ2) is 7.00. The van der Waals surface area contributed by atoms with Gasteiger partial charge in [0.2, 0.25) is 0 Å². The van der Waals surface area contributed by atoms with Crippen LogP contribution in [0.3, 0.4) is 0 Å². The van der Waals surface area contributed by atoms with Gasteiger partial charge in [-0.3, -0.25) is 0 Å². The number of hydrogen-bond acceptors (Lipinski definition) is 2. The highest BCUT2D eigenvalue weighted by molar-refractivity contribution is 9.10. The SMILES string of the molecule is CNC(Cc1ccc(OC)c(F)c1)c1ccc(F)cc1Br. The molecule has 2 rings (SSSR count). The normalized spacial score (nSPS) is 12.2. The Balaban J connectivity index is 2.24. The molecule has 21 heavy (non-hydrogen) atoms. The molecule has 0 heterocycles. The zero-order valence-corrected chi connectivity index (χ0v) is 13.4. The summed E-state index contributed by atoms with van der Waals surface area (Å²) in [5.41, 5.74) is 1.76. The van der Waals surface area contributed by atoms with Crippen LogP contribution in [0.1, 0.15) is 17.2 Å². The smallest absolute Gasteiger partial charge is 0.165 e. The lowest BCUT2D eigenvalue weighted by Crippen LogP contribution is -2.19. The number of ether oxygens (including phenoxy) is 1. The highest BCUT2D eigenvalue weighted by Gasteiger charge is 2.15. The number of methoxy groups -OCH3 is 1. The molecule has 2 nitrogen and oxygen atoms in total. The van der Waals surface area contributed by atoms with Crippen molar-refractivity contribution in [1.82, 2.24) is 5.32 Å². The van der Waals surface area contributed by atoms with E-state index in [2.05, 4.69) is 21.2 Å². The van der Waals surface area contributed by atoms with Crippen LogP contribution in [0.15, 0.2) is 40.9 Å². The largest absolute Gasteiger partial charge is 0.494 e. The van der Waals surface area contributed by atoms with Crippen molar-refractivity contribution in [3.05, 3.63) is 63.6 Å². The molecular formula is C16H16BrF2NO. The van der Waals surface area contributed by atoms with E-state index in [1.165, 1.54) is 25.3 Å². The van der Waals surface area contributed by atoms with Crippen LogP contribution in [-0.2, 0) is 6.42 Å². The van der Waals surface area contributed by atoms with Gasteiger partial charge >= 0.3 is 0 Å². The summed E-state index contributed by atoms with van der Waals surface area (Å²) in [5.74, 6) is -0.457. The molecule has 1 N–H and O–H groups in total. The van der Waals surface area contributed by atoms with Crippen molar-refractivity contribution in [3.63, 3.8) is 0 Å². The van der Waals surface area contributed by atoms with Gasteiger partial charge in [-0.1, -0.05) is 28.1 Å². The Morgan fingerprint density at radius 3 is 2.52 bits per heavy atom. The van der Waals surface area contributed by atoms with Gasteiger partial charge in [-0.2, -0.15) is 0 Å². The van der Waals surface area contributed by atoms with Gasteiger partial charge in [-0.25, -0.2) is 8.78 Å². The first kappa shape index (κ1) is 15.9. The van der Waals surface area contributed by atoms with Crippen molar-refractivity contribution in [3.8, 4) is 5.75 Å². The van der Waals surface area contributed by atoms with Crippen molar-refractivity contribution in [2.45, 2.75) is 12.5 Å². The average molecular weight is 356 g/mol. The van der Waals surface area contributed by atoms with Gasteiger partial charge < -0.3 is 10.1 Å². The summed E-state index contributed by atoms with van der Waals surface area (Å²) in [6, 6.07) is 9.41. The van der Waals surface area contributed by atoms with E-state index in [9.17, 15) is 8.78 Å². The van der Waals surface area contributed by atoms with Crippen molar-refractivity contribution in [1.29, 1.82) is 0 Å². The van der Waals surface area contributed by atoms with Gasteiger partial charge in [-0.15, -0.1) is 0 Å². The summed E-state index contributed by atoms with van der Waals surface area (Å²) in [4.78, 5) is 0. The van der Waals surface area contributed by atoms with E-state index in [0.717, 1.165) is 11.1 Å². The molecule has 2 aromatic carbocycles. The Morgan fingerprint density at radius 1 is 1.19 bits per heavy atom. The Hall–Kier alpha value is -1.46. The fourth-order valence-corrected chi connectivity index (χ4v) is 2.85. The van der Waals surface area contributed by atoms with E-state index in [0.29, 0.717) is 10.9 Å². The van der Waals surface area contributed by atoms with Gasteiger partial charge in [0.1, 0.15) is 5.82 Å². The minimum Gasteiger partial charge on any atom is -0.494 e. The molecule has 5 heteroatoms. The number of likely N-dealkylation sites (N-methyl/N-ethyl adjacent to an activating group) is 1. The molecule has 0 radical (unpaired) electrons.